The number of carbonyl (C=O) groups is 2. The second-order valence-electron chi connectivity index (χ2n) is 5.73. The molecule has 1 aromatic carbocycles. The predicted molar refractivity (Wildman–Crippen MR) is 98.0 cm³/mol. The first-order chi connectivity index (χ1) is 12.4. The molecule has 0 aliphatic carbocycles. The fourth-order valence-corrected chi connectivity index (χ4v) is 2.66. The van der Waals surface area contributed by atoms with Gasteiger partial charge in [0.25, 0.3) is 0 Å². The lowest BCUT2D eigenvalue weighted by Crippen LogP contribution is -2.24. The van der Waals surface area contributed by atoms with Crippen molar-refractivity contribution in [3.8, 4) is 0 Å². The summed E-state index contributed by atoms with van der Waals surface area (Å²) in [5.74, 6) is -1.36. The van der Waals surface area contributed by atoms with Gasteiger partial charge in [0, 0.05) is 18.1 Å². The van der Waals surface area contributed by atoms with Gasteiger partial charge in [-0.1, -0.05) is 12.1 Å². The number of carbonyl (C=O) groups excluding carboxylic acids is 1. The lowest BCUT2D eigenvalue weighted by Gasteiger charge is -2.13. The van der Waals surface area contributed by atoms with Crippen molar-refractivity contribution in [2.75, 3.05) is 5.32 Å². The molecule has 1 amide bonds. The quantitative estimate of drug-likeness (QED) is 0.641. The van der Waals surface area contributed by atoms with Crippen molar-refractivity contribution >= 4 is 33.5 Å². The second-order valence-corrected chi connectivity index (χ2v) is 6.65. The molecule has 134 valence electrons. The van der Waals surface area contributed by atoms with Crippen LogP contribution in [0.2, 0.25) is 0 Å². The number of halogens is 1. The highest BCUT2D eigenvalue weighted by atomic mass is 79.9. The first-order valence-electron chi connectivity index (χ1n) is 7.77. The van der Waals surface area contributed by atoms with Crippen LogP contribution in [0.15, 0.2) is 53.5 Å². The van der Waals surface area contributed by atoms with E-state index in [-0.39, 0.29) is 11.5 Å². The van der Waals surface area contributed by atoms with Crippen LogP contribution in [0.3, 0.4) is 0 Å². The summed E-state index contributed by atoms with van der Waals surface area (Å²) >= 11 is 3.36. The number of anilines is 1. The lowest BCUT2D eigenvalue weighted by molar-refractivity contribution is -0.119. The summed E-state index contributed by atoms with van der Waals surface area (Å²) in [6.07, 6.45) is 6.15. The minimum atomic E-state index is -1.08. The third-order valence-corrected chi connectivity index (χ3v) is 4.20. The van der Waals surface area contributed by atoms with Crippen molar-refractivity contribution in [1.29, 1.82) is 0 Å². The molecule has 26 heavy (non-hydrogen) atoms. The average molecular weight is 418 g/mol. The van der Waals surface area contributed by atoms with E-state index in [1.54, 1.807) is 17.8 Å². The Morgan fingerprint density at radius 3 is 2.50 bits per heavy atom. The molecule has 1 unspecified atom stereocenters. The predicted octanol–water partition coefficient (Wildman–Crippen LogP) is 2.79. The average Bonchev–Trinajstić information content (AvgIpc) is 3.25. The smallest absolute Gasteiger partial charge is 0.338 e. The minimum absolute atomic E-state index is 0.0410. The molecule has 2 heterocycles. The van der Waals surface area contributed by atoms with Crippen LogP contribution in [0.4, 0.5) is 5.69 Å². The fourth-order valence-electron chi connectivity index (χ4n) is 2.33. The molecule has 0 saturated heterocycles. The number of aromatic nitrogens is 4. The Balaban J connectivity index is 1.62. The molecule has 0 radical (unpaired) electrons. The highest BCUT2D eigenvalue weighted by Crippen LogP contribution is 2.15. The Labute approximate surface area is 157 Å². The highest BCUT2D eigenvalue weighted by Gasteiger charge is 2.17. The van der Waals surface area contributed by atoms with E-state index in [0.29, 0.717) is 12.2 Å². The summed E-state index contributed by atoms with van der Waals surface area (Å²) in [7, 11) is 0. The second kappa shape index (κ2) is 7.52. The molecule has 9 heteroatoms. The zero-order valence-corrected chi connectivity index (χ0v) is 15.4. The van der Waals surface area contributed by atoms with Crippen LogP contribution in [-0.2, 0) is 11.3 Å². The van der Waals surface area contributed by atoms with E-state index in [1.165, 1.54) is 17.1 Å². The first kappa shape index (κ1) is 17.9. The van der Waals surface area contributed by atoms with E-state index in [1.807, 2.05) is 30.5 Å². The van der Waals surface area contributed by atoms with E-state index < -0.39 is 12.0 Å². The molecule has 2 N–H and O–H groups in total. The topological polar surface area (TPSA) is 102 Å². The minimum Gasteiger partial charge on any atom is -0.478 e. The Hall–Kier alpha value is -2.94. The standard InChI is InChI=1S/C17H16BrN5O3/c1-11(23-9-13(6-20-23)17(25)26)16(24)21-15-4-2-12(3-5-15)8-22-10-14(18)7-19-22/h2-7,9-11H,8H2,1H3,(H,21,24)(H,25,26). The summed E-state index contributed by atoms with van der Waals surface area (Å²) in [5, 5.41) is 19.8. The molecule has 3 aromatic rings. The van der Waals surface area contributed by atoms with Crippen LogP contribution in [0.1, 0.15) is 28.9 Å². The molecule has 0 saturated carbocycles. The summed E-state index contributed by atoms with van der Waals surface area (Å²) in [4.78, 5) is 23.2. The van der Waals surface area contributed by atoms with Crippen LogP contribution in [-0.4, -0.2) is 36.5 Å². The Morgan fingerprint density at radius 2 is 1.92 bits per heavy atom. The third-order valence-electron chi connectivity index (χ3n) is 3.79. The van der Waals surface area contributed by atoms with Gasteiger partial charge in [-0.25, -0.2) is 4.79 Å². The van der Waals surface area contributed by atoms with Crippen molar-refractivity contribution in [3.05, 3.63) is 64.7 Å². The molecular weight excluding hydrogens is 402 g/mol. The number of carboxylic acid groups (broad SMARTS) is 1. The number of hydrogen-bond donors (Lipinski definition) is 2. The maximum Gasteiger partial charge on any atom is 0.338 e. The molecule has 0 aliphatic heterocycles. The van der Waals surface area contributed by atoms with Crippen molar-refractivity contribution in [2.45, 2.75) is 19.5 Å². The SMILES string of the molecule is CC(C(=O)Nc1ccc(Cn2cc(Br)cn2)cc1)n1cc(C(=O)O)cn1. The molecule has 0 bridgehead atoms. The lowest BCUT2D eigenvalue weighted by atomic mass is 10.2. The highest BCUT2D eigenvalue weighted by molar-refractivity contribution is 9.10. The molecule has 8 nitrogen and oxygen atoms in total. The van der Waals surface area contributed by atoms with E-state index in [4.69, 9.17) is 5.11 Å². The zero-order chi connectivity index (χ0) is 18.7. The molecule has 0 fully saturated rings. The number of aromatic carboxylic acids is 1. The number of nitrogens with one attached hydrogen (secondary N) is 1. The Bertz CT molecular complexity index is 932. The van der Waals surface area contributed by atoms with Gasteiger partial charge in [-0.15, -0.1) is 0 Å². The number of rotatable bonds is 6. The van der Waals surface area contributed by atoms with Gasteiger partial charge < -0.3 is 10.4 Å². The van der Waals surface area contributed by atoms with Crippen LogP contribution in [0, 0.1) is 0 Å². The number of carboxylic acids is 1. The summed E-state index contributed by atoms with van der Waals surface area (Å²) < 4.78 is 4.04. The van der Waals surface area contributed by atoms with Crippen molar-refractivity contribution in [1.82, 2.24) is 19.6 Å². The molecule has 3 rings (SSSR count). The van der Waals surface area contributed by atoms with Gasteiger partial charge in [0.2, 0.25) is 5.91 Å². The maximum absolute atomic E-state index is 12.3. The van der Waals surface area contributed by atoms with Gasteiger partial charge in [-0.3, -0.25) is 14.2 Å². The molecule has 0 aliphatic rings. The van der Waals surface area contributed by atoms with E-state index in [2.05, 4.69) is 31.4 Å². The molecular formula is C17H16BrN5O3. The van der Waals surface area contributed by atoms with Gasteiger partial charge in [0.15, 0.2) is 0 Å². The number of nitrogens with zero attached hydrogens (tertiary/aromatic N) is 4. The number of amides is 1. The number of hydrogen-bond acceptors (Lipinski definition) is 4. The molecule has 1 atom stereocenters. The van der Waals surface area contributed by atoms with Crippen LogP contribution >= 0.6 is 15.9 Å². The maximum atomic E-state index is 12.3. The fraction of sp³-hybridized carbons (Fsp3) is 0.176. The van der Waals surface area contributed by atoms with Gasteiger partial charge in [0.1, 0.15) is 6.04 Å². The van der Waals surface area contributed by atoms with Crippen LogP contribution in [0.25, 0.3) is 0 Å². The van der Waals surface area contributed by atoms with Crippen LogP contribution < -0.4 is 5.32 Å². The van der Waals surface area contributed by atoms with E-state index >= 15 is 0 Å². The normalized spacial score (nSPS) is 11.9. The van der Waals surface area contributed by atoms with E-state index in [9.17, 15) is 9.59 Å². The summed E-state index contributed by atoms with van der Waals surface area (Å²) in [5.41, 5.74) is 1.74. The first-order valence-corrected chi connectivity index (χ1v) is 8.57. The van der Waals surface area contributed by atoms with Crippen molar-refractivity contribution in [3.63, 3.8) is 0 Å². The third kappa shape index (κ3) is 4.17. The van der Waals surface area contributed by atoms with Gasteiger partial charge in [-0.2, -0.15) is 10.2 Å². The van der Waals surface area contributed by atoms with Crippen molar-refractivity contribution in [2.24, 2.45) is 0 Å². The molecule has 0 spiro atoms. The Kier molecular flexibility index (Phi) is 5.17. The monoisotopic (exact) mass is 417 g/mol. The van der Waals surface area contributed by atoms with Crippen LogP contribution in [0.5, 0.6) is 0 Å². The summed E-state index contributed by atoms with van der Waals surface area (Å²) in [6, 6.07) is 6.80. The van der Waals surface area contributed by atoms with E-state index in [0.717, 1.165) is 10.0 Å². The Morgan fingerprint density at radius 1 is 1.19 bits per heavy atom. The number of benzene rings is 1. The van der Waals surface area contributed by atoms with Gasteiger partial charge >= 0.3 is 5.97 Å². The zero-order valence-electron chi connectivity index (χ0n) is 13.8. The van der Waals surface area contributed by atoms with Gasteiger partial charge in [0.05, 0.1) is 29.0 Å². The molecule has 2 aromatic heterocycles. The van der Waals surface area contributed by atoms with Crippen molar-refractivity contribution < 1.29 is 14.7 Å². The largest absolute Gasteiger partial charge is 0.478 e. The summed E-state index contributed by atoms with van der Waals surface area (Å²) in [6.45, 7) is 2.28. The van der Waals surface area contributed by atoms with Gasteiger partial charge in [-0.05, 0) is 40.5 Å².